The average molecular weight is 304 g/mol. The number of carbonyl (C=O) groups excluding carboxylic acids is 2. The normalized spacial score (nSPS) is 22.2. The van der Waals surface area contributed by atoms with Gasteiger partial charge in [-0.25, -0.2) is 4.79 Å². The first kappa shape index (κ1) is 16.3. The summed E-state index contributed by atoms with van der Waals surface area (Å²) < 4.78 is 5.43. The molecule has 0 radical (unpaired) electrons. The fraction of sp³-hybridized carbons (Fsp3) is 0.529. The SMILES string of the molecule is C[C@H]1CC(=O)N[C@H](C(C)(C)C)N1C(=O)OCc1ccccc1. The molecule has 1 aliphatic heterocycles. The zero-order valence-corrected chi connectivity index (χ0v) is 13.6. The van der Waals surface area contributed by atoms with E-state index in [-0.39, 0.29) is 30.1 Å². The van der Waals surface area contributed by atoms with Gasteiger partial charge in [0, 0.05) is 17.9 Å². The Balaban J connectivity index is 2.09. The number of ether oxygens (including phenoxy) is 1. The van der Waals surface area contributed by atoms with Crippen LogP contribution in [0.15, 0.2) is 30.3 Å². The molecule has 22 heavy (non-hydrogen) atoms. The van der Waals surface area contributed by atoms with E-state index >= 15 is 0 Å². The summed E-state index contributed by atoms with van der Waals surface area (Å²) in [5.41, 5.74) is 0.674. The summed E-state index contributed by atoms with van der Waals surface area (Å²) in [5, 5.41) is 2.90. The van der Waals surface area contributed by atoms with Crippen molar-refractivity contribution >= 4 is 12.0 Å². The van der Waals surface area contributed by atoms with Crippen molar-refractivity contribution in [3.8, 4) is 0 Å². The Morgan fingerprint density at radius 2 is 1.95 bits per heavy atom. The second-order valence-electron chi connectivity index (χ2n) is 6.84. The van der Waals surface area contributed by atoms with E-state index in [4.69, 9.17) is 4.74 Å². The van der Waals surface area contributed by atoms with Gasteiger partial charge in [-0.15, -0.1) is 0 Å². The van der Waals surface area contributed by atoms with Gasteiger partial charge in [0.05, 0.1) is 0 Å². The first-order valence-corrected chi connectivity index (χ1v) is 7.57. The number of benzene rings is 1. The van der Waals surface area contributed by atoms with Crippen LogP contribution in [0.25, 0.3) is 0 Å². The average Bonchev–Trinajstić information content (AvgIpc) is 2.44. The van der Waals surface area contributed by atoms with Crippen LogP contribution in [0.5, 0.6) is 0 Å². The largest absolute Gasteiger partial charge is 0.444 e. The zero-order chi connectivity index (χ0) is 16.3. The molecular formula is C17H24N2O3. The maximum atomic E-state index is 12.5. The van der Waals surface area contributed by atoms with Crippen LogP contribution in [0.4, 0.5) is 4.79 Å². The Morgan fingerprint density at radius 3 is 2.55 bits per heavy atom. The van der Waals surface area contributed by atoms with E-state index in [0.717, 1.165) is 5.56 Å². The van der Waals surface area contributed by atoms with Gasteiger partial charge >= 0.3 is 6.09 Å². The fourth-order valence-corrected chi connectivity index (χ4v) is 2.62. The Bertz CT molecular complexity index is 537. The van der Waals surface area contributed by atoms with Crippen molar-refractivity contribution in [2.24, 2.45) is 5.41 Å². The summed E-state index contributed by atoms with van der Waals surface area (Å²) in [5.74, 6) is -0.0282. The van der Waals surface area contributed by atoms with Gasteiger partial charge in [-0.1, -0.05) is 51.1 Å². The monoisotopic (exact) mass is 304 g/mol. The van der Waals surface area contributed by atoms with Crippen LogP contribution >= 0.6 is 0 Å². The first-order valence-electron chi connectivity index (χ1n) is 7.57. The molecule has 1 aliphatic rings. The summed E-state index contributed by atoms with van der Waals surface area (Å²) in [6.45, 7) is 8.09. The van der Waals surface area contributed by atoms with Gasteiger partial charge in [-0.3, -0.25) is 9.69 Å². The van der Waals surface area contributed by atoms with Gasteiger partial charge in [0.1, 0.15) is 12.8 Å². The van der Waals surface area contributed by atoms with E-state index in [2.05, 4.69) is 5.32 Å². The number of carbonyl (C=O) groups is 2. The van der Waals surface area contributed by atoms with E-state index < -0.39 is 6.09 Å². The maximum Gasteiger partial charge on any atom is 0.412 e. The Morgan fingerprint density at radius 1 is 1.32 bits per heavy atom. The third-order valence-electron chi connectivity index (χ3n) is 3.77. The van der Waals surface area contributed by atoms with Crippen LogP contribution in [0.3, 0.4) is 0 Å². The molecule has 2 rings (SSSR count). The molecule has 1 saturated heterocycles. The maximum absolute atomic E-state index is 12.5. The fourth-order valence-electron chi connectivity index (χ4n) is 2.62. The molecule has 5 nitrogen and oxygen atoms in total. The number of rotatable bonds is 2. The van der Waals surface area contributed by atoms with E-state index in [1.54, 1.807) is 4.90 Å². The number of nitrogens with one attached hydrogen (secondary N) is 1. The van der Waals surface area contributed by atoms with Gasteiger partial charge in [0.25, 0.3) is 0 Å². The molecule has 0 saturated carbocycles. The molecule has 2 amide bonds. The minimum atomic E-state index is -0.392. The predicted octanol–water partition coefficient (Wildman–Crippen LogP) is 2.91. The lowest BCUT2D eigenvalue weighted by molar-refractivity contribution is -0.130. The third kappa shape index (κ3) is 3.78. The smallest absolute Gasteiger partial charge is 0.412 e. The highest BCUT2D eigenvalue weighted by atomic mass is 16.6. The van der Waals surface area contributed by atoms with E-state index in [9.17, 15) is 9.59 Å². The van der Waals surface area contributed by atoms with Gasteiger partial charge in [-0.2, -0.15) is 0 Å². The van der Waals surface area contributed by atoms with Crippen molar-refractivity contribution in [3.05, 3.63) is 35.9 Å². The molecule has 0 bridgehead atoms. The highest BCUT2D eigenvalue weighted by Gasteiger charge is 2.42. The number of hydrogen-bond donors (Lipinski definition) is 1. The van der Waals surface area contributed by atoms with Crippen LogP contribution in [0, 0.1) is 5.41 Å². The molecule has 1 aromatic rings. The van der Waals surface area contributed by atoms with Crippen LogP contribution in [-0.4, -0.2) is 29.1 Å². The Kier molecular flexibility index (Phi) is 4.74. The van der Waals surface area contributed by atoms with Crippen molar-refractivity contribution < 1.29 is 14.3 Å². The molecule has 0 unspecified atom stereocenters. The van der Waals surface area contributed by atoms with Crippen molar-refractivity contribution in [2.75, 3.05) is 0 Å². The zero-order valence-electron chi connectivity index (χ0n) is 13.6. The molecule has 0 aliphatic carbocycles. The van der Waals surface area contributed by atoms with E-state index in [0.29, 0.717) is 6.42 Å². The van der Waals surface area contributed by atoms with Crippen LogP contribution in [0.1, 0.15) is 39.7 Å². The van der Waals surface area contributed by atoms with Gasteiger partial charge in [0.15, 0.2) is 0 Å². The van der Waals surface area contributed by atoms with Crippen LogP contribution in [-0.2, 0) is 16.1 Å². The molecule has 0 aromatic heterocycles. The van der Waals surface area contributed by atoms with Crippen molar-refractivity contribution in [3.63, 3.8) is 0 Å². The van der Waals surface area contributed by atoms with Crippen LogP contribution in [0.2, 0.25) is 0 Å². The summed E-state index contributed by atoms with van der Waals surface area (Å²) in [7, 11) is 0. The highest BCUT2D eigenvalue weighted by Crippen LogP contribution is 2.28. The van der Waals surface area contributed by atoms with Crippen molar-refractivity contribution in [2.45, 2.75) is 52.9 Å². The predicted molar refractivity (Wildman–Crippen MR) is 83.9 cm³/mol. The summed E-state index contributed by atoms with van der Waals surface area (Å²) in [4.78, 5) is 25.9. The molecule has 120 valence electrons. The molecule has 1 fully saturated rings. The topological polar surface area (TPSA) is 58.6 Å². The minimum absolute atomic E-state index is 0.0282. The number of hydrogen-bond acceptors (Lipinski definition) is 3. The lowest BCUT2D eigenvalue weighted by atomic mass is 9.88. The molecule has 1 aromatic carbocycles. The van der Waals surface area contributed by atoms with Gasteiger partial charge < -0.3 is 10.1 Å². The third-order valence-corrected chi connectivity index (χ3v) is 3.77. The summed E-state index contributed by atoms with van der Waals surface area (Å²) >= 11 is 0. The highest BCUT2D eigenvalue weighted by molar-refractivity contribution is 5.80. The van der Waals surface area contributed by atoms with Gasteiger partial charge in [0.2, 0.25) is 5.91 Å². The quantitative estimate of drug-likeness (QED) is 0.914. The second-order valence-corrected chi connectivity index (χ2v) is 6.84. The summed E-state index contributed by atoms with van der Waals surface area (Å²) in [6.07, 6.45) is -0.462. The summed E-state index contributed by atoms with van der Waals surface area (Å²) in [6, 6.07) is 9.38. The Hall–Kier alpha value is -2.04. The Labute approximate surface area is 131 Å². The molecule has 1 heterocycles. The number of nitrogens with zero attached hydrogens (tertiary/aromatic N) is 1. The molecular weight excluding hydrogens is 280 g/mol. The molecule has 0 spiro atoms. The van der Waals surface area contributed by atoms with E-state index in [1.807, 2.05) is 58.0 Å². The van der Waals surface area contributed by atoms with Crippen molar-refractivity contribution in [1.29, 1.82) is 0 Å². The molecule has 5 heteroatoms. The minimum Gasteiger partial charge on any atom is -0.444 e. The van der Waals surface area contributed by atoms with Gasteiger partial charge in [-0.05, 0) is 12.5 Å². The lowest BCUT2D eigenvalue weighted by Crippen LogP contribution is -2.64. The lowest BCUT2D eigenvalue weighted by Gasteiger charge is -2.45. The first-order chi connectivity index (χ1) is 10.3. The second kappa shape index (κ2) is 6.38. The van der Waals surface area contributed by atoms with Crippen LogP contribution < -0.4 is 5.32 Å². The molecule has 2 atom stereocenters. The standard InChI is InChI=1S/C17H24N2O3/c1-12-10-14(20)18-15(17(2,3)4)19(12)16(21)22-11-13-8-6-5-7-9-13/h5-9,12,15H,10-11H2,1-4H3,(H,18,20)/t12-,15-/m0/s1. The molecule has 1 N–H and O–H groups in total. The number of amides is 2. The van der Waals surface area contributed by atoms with E-state index in [1.165, 1.54) is 0 Å². The van der Waals surface area contributed by atoms with Crippen molar-refractivity contribution in [1.82, 2.24) is 10.2 Å².